The van der Waals surface area contributed by atoms with E-state index >= 15 is 0 Å². The zero-order chi connectivity index (χ0) is 13.2. The van der Waals surface area contributed by atoms with Crippen LogP contribution in [0, 0.1) is 12.3 Å². The minimum atomic E-state index is -0.140. The lowest BCUT2D eigenvalue weighted by Gasteiger charge is -2.19. The van der Waals surface area contributed by atoms with Crippen molar-refractivity contribution in [2.45, 2.75) is 0 Å². The molecule has 2 aromatic rings. The molecule has 0 N–H and O–H groups in total. The molecule has 0 spiro atoms. The Hall–Kier alpha value is -2.73. The van der Waals surface area contributed by atoms with Gasteiger partial charge in [-0.25, -0.2) is 0 Å². The first kappa shape index (κ1) is 11.4. The second-order valence-electron chi connectivity index (χ2n) is 4.16. The molecule has 0 unspecified atom stereocenters. The van der Waals surface area contributed by atoms with Crippen LogP contribution in [0.1, 0.15) is 10.4 Å². The molecule has 1 amide bonds. The van der Waals surface area contributed by atoms with Gasteiger partial charge in [-0.2, -0.15) is 0 Å². The summed E-state index contributed by atoms with van der Waals surface area (Å²) in [6.45, 7) is 0.216. The highest BCUT2D eigenvalue weighted by Gasteiger charge is 2.26. The van der Waals surface area contributed by atoms with E-state index in [0.29, 0.717) is 22.7 Å². The van der Waals surface area contributed by atoms with Gasteiger partial charge in [-0.15, -0.1) is 6.42 Å². The third-order valence-electron chi connectivity index (χ3n) is 2.99. The SMILES string of the molecule is C#CCN1C(=O)c2ccccc2Oc2ccccc21. The summed E-state index contributed by atoms with van der Waals surface area (Å²) < 4.78 is 5.82. The lowest BCUT2D eigenvalue weighted by atomic mass is 10.1. The largest absolute Gasteiger partial charge is 0.454 e. The number of hydrogen-bond donors (Lipinski definition) is 0. The van der Waals surface area contributed by atoms with Gasteiger partial charge in [0, 0.05) is 0 Å². The fourth-order valence-corrected chi connectivity index (χ4v) is 2.12. The number of fused-ring (bicyclic) bond motifs is 2. The van der Waals surface area contributed by atoms with Crippen molar-refractivity contribution in [1.29, 1.82) is 0 Å². The Labute approximate surface area is 111 Å². The van der Waals surface area contributed by atoms with Crippen LogP contribution in [0.15, 0.2) is 48.5 Å². The maximum absolute atomic E-state index is 12.5. The van der Waals surface area contributed by atoms with E-state index in [0.717, 1.165) is 0 Å². The van der Waals surface area contributed by atoms with E-state index in [1.54, 1.807) is 17.0 Å². The summed E-state index contributed by atoms with van der Waals surface area (Å²) in [4.78, 5) is 14.1. The monoisotopic (exact) mass is 249 g/mol. The number of benzene rings is 2. The Kier molecular flexibility index (Phi) is 2.70. The second kappa shape index (κ2) is 4.51. The van der Waals surface area contributed by atoms with Gasteiger partial charge in [0.1, 0.15) is 5.75 Å². The second-order valence-corrected chi connectivity index (χ2v) is 4.16. The van der Waals surface area contributed by atoms with Crippen molar-refractivity contribution >= 4 is 11.6 Å². The van der Waals surface area contributed by atoms with Crippen molar-refractivity contribution < 1.29 is 9.53 Å². The summed E-state index contributed by atoms with van der Waals surface area (Å²) in [5, 5.41) is 0. The fourth-order valence-electron chi connectivity index (χ4n) is 2.12. The fraction of sp³-hybridized carbons (Fsp3) is 0.0625. The first-order valence-corrected chi connectivity index (χ1v) is 5.92. The summed E-state index contributed by atoms with van der Waals surface area (Å²) in [6.07, 6.45) is 5.37. The summed E-state index contributed by atoms with van der Waals surface area (Å²) in [5.41, 5.74) is 1.22. The molecule has 1 aliphatic heterocycles. The van der Waals surface area contributed by atoms with E-state index in [1.165, 1.54) is 0 Å². The molecule has 1 aliphatic rings. The molecule has 3 heteroatoms. The van der Waals surface area contributed by atoms with Crippen molar-refractivity contribution in [2.24, 2.45) is 0 Å². The highest BCUT2D eigenvalue weighted by atomic mass is 16.5. The van der Waals surface area contributed by atoms with Crippen LogP contribution >= 0.6 is 0 Å². The minimum absolute atomic E-state index is 0.140. The maximum atomic E-state index is 12.5. The number of terminal acetylenes is 1. The van der Waals surface area contributed by atoms with Crippen molar-refractivity contribution in [3.8, 4) is 23.8 Å². The van der Waals surface area contributed by atoms with Crippen LogP contribution in [-0.4, -0.2) is 12.5 Å². The van der Waals surface area contributed by atoms with Gasteiger partial charge in [-0.1, -0.05) is 30.2 Å². The van der Waals surface area contributed by atoms with Crippen LogP contribution in [0.4, 0.5) is 5.69 Å². The van der Waals surface area contributed by atoms with E-state index in [4.69, 9.17) is 11.2 Å². The van der Waals surface area contributed by atoms with Crippen LogP contribution in [0.2, 0.25) is 0 Å². The summed E-state index contributed by atoms with van der Waals surface area (Å²) in [5.74, 6) is 3.57. The Morgan fingerprint density at radius 2 is 1.74 bits per heavy atom. The van der Waals surface area contributed by atoms with Crippen molar-refractivity contribution in [3.05, 3.63) is 54.1 Å². The number of carbonyl (C=O) groups is 1. The standard InChI is InChI=1S/C16H11NO2/c1-2-11-17-13-8-4-6-10-15(13)19-14-9-5-3-7-12(14)16(17)18/h1,3-10H,11H2. The van der Waals surface area contributed by atoms with E-state index in [2.05, 4.69) is 5.92 Å². The lowest BCUT2D eigenvalue weighted by molar-refractivity contribution is 0.0990. The van der Waals surface area contributed by atoms with Crippen molar-refractivity contribution in [1.82, 2.24) is 0 Å². The predicted octanol–water partition coefficient (Wildman–Crippen LogP) is 3.07. The average molecular weight is 249 g/mol. The van der Waals surface area contributed by atoms with Gasteiger partial charge in [-0.3, -0.25) is 9.69 Å². The molecule has 0 fully saturated rings. The van der Waals surface area contributed by atoms with Gasteiger partial charge in [0.2, 0.25) is 0 Å². The molecule has 3 nitrogen and oxygen atoms in total. The Morgan fingerprint density at radius 3 is 2.53 bits per heavy atom. The number of ether oxygens (including phenoxy) is 1. The first-order valence-electron chi connectivity index (χ1n) is 5.92. The molecule has 3 rings (SSSR count). The smallest absolute Gasteiger partial charge is 0.263 e. The maximum Gasteiger partial charge on any atom is 0.263 e. The van der Waals surface area contributed by atoms with E-state index in [9.17, 15) is 4.79 Å². The van der Waals surface area contributed by atoms with Crippen LogP contribution in [-0.2, 0) is 0 Å². The molecule has 1 heterocycles. The van der Waals surface area contributed by atoms with E-state index < -0.39 is 0 Å². The Bertz CT molecular complexity index is 685. The molecule has 0 aromatic heterocycles. The van der Waals surface area contributed by atoms with Crippen LogP contribution in [0.3, 0.4) is 0 Å². The molecule has 0 bridgehead atoms. The molecular formula is C16H11NO2. The van der Waals surface area contributed by atoms with Crippen molar-refractivity contribution in [3.63, 3.8) is 0 Å². The number of rotatable bonds is 1. The van der Waals surface area contributed by atoms with Gasteiger partial charge >= 0.3 is 0 Å². The van der Waals surface area contributed by atoms with Gasteiger partial charge in [0.15, 0.2) is 5.75 Å². The molecular weight excluding hydrogens is 238 g/mol. The highest BCUT2D eigenvalue weighted by molar-refractivity contribution is 6.09. The predicted molar refractivity (Wildman–Crippen MR) is 73.5 cm³/mol. The highest BCUT2D eigenvalue weighted by Crippen LogP contribution is 2.38. The van der Waals surface area contributed by atoms with E-state index in [-0.39, 0.29) is 12.5 Å². The number of amides is 1. The Balaban J connectivity index is 2.22. The third kappa shape index (κ3) is 1.84. The van der Waals surface area contributed by atoms with Gasteiger partial charge in [0.25, 0.3) is 5.91 Å². The molecule has 92 valence electrons. The zero-order valence-corrected chi connectivity index (χ0v) is 10.2. The van der Waals surface area contributed by atoms with Crippen LogP contribution < -0.4 is 9.64 Å². The molecule has 19 heavy (non-hydrogen) atoms. The normalized spacial score (nSPS) is 12.8. The summed E-state index contributed by atoms with van der Waals surface area (Å²) in [7, 11) is 0. The molecule has 0 saturated carbocycles. The number of nitrogens with zero attached hydrogens (tertiary/aromatic N) is 1. The van der Waals surface area contributed by atoms with Crippen LogP contribution in [0.5, 0.6) is 11.5 Å². The average Bonchev–Trinajstić information content (AvgIpc) is 2.56. The number of hydrogen-bond acceptors (Lipinski definition) is 2. The van der Waals surface area contributed by atoms with Gasteiger partial charge < -0.3 is 4.74 Å². The zero-order valence-electron chi connectivity index (χ0n) is 10.2. The van der Waals surface area contributed by atoms with E-state index in [1.807, 2.05) is 36.4 Å². The summed E-state index contributed by atoms with van der Waals surface area (Å²) >= 11 is 0. The topological polar surface area (TPSA) is 29.5 Å². The minimum Gasteiger partial charge on any atom is -0.454 e. The number of para-hydroxylation sites is 3. The first-order chi connectivity index (χ1) is 9.31. The van der Waals surface area contributed by atoms with Gasteiger partial charge in [-0.05, 0) is 24.3 Å². The molecule has 2 aromatic carbocycles. The quantitative estimate of drug-likeness (QED) is 0.727. The summed E-state index contributed by atoms with van der Waals surface area (Å²) in [6, 6.07) is 14.6. The molecule has 0 saturated heterocycles. The van der Waals surface area contributed by atoms with Gasteiger partial charge in [0.05, 0.1) is 17.8 Å². The Morgan fingerprint density at radius 1 is 1.05 bits per heavy atom. The molecule has 0 aliphatic carbocycles. The third-order valence-corrected chi connectivity index (χ3v) is 2.99. The molecule has 0 atom stereocenters. The number of carbonyl (C=O) groups excluding carboxylic acids is 1. The lowest BCUT2D eigenvalue weighted by Crippen LogP contribution is -2.30. The van der Waals surface area contributed by atoms with Crippen molar-refractivity contribution in [2.75, 3.05) is 11.4 Å². The number of anilines is 1. The molecule has 0 radical (unpaired) electrons. The van der Waals surface area contributed by atoms with Crippen LogP contribution in [0.25, 0.3) is 0 Å².